The van der Waals surface area contributed by atoms with Crippen LogP contribution in [0.25, 0.3) is 0 Å². The molecule has 116 valence electrons. The van der Waals surface area contributed by atoms with Crippen molar-refractivity contribution in [1.29, 1.82) is 0 Å². The second kappa shape index (κ2) is 6.16. The highest BCUT2D eigenvalue weighted by Crippen LogP contribution is 2.47. The van der Waals surface area contributed by atoms with Crippen LogP contribution in [0.1, 0.15) is 39.2 Å². The lowest BCUT2D eigenvalue weighted by Crippen LogP contribution is -2.53. The zero-order valence-electron chi connectivity index (χ0n) is 13.3. The van der Waals surface area contributed by atoms with Crippen LogP contribution in [-0.2, 0) is 20.1 Å². The van der Waals surface area contributed by atoms with Gasteiger partial charge in [0.2, 0.25) is 5.79 Å². The van der Waals surface area contributed by atoms with E-state index in [9.17, 15) is 4.79 Å². The van der Waals surface area contributed by atoms with Crippen LogP contribution in [0.3, 0.4) is 0 Å². The largest absolute Gasteiger partial charge is 0.497 e. The van der Waals surface area contributed by atoms with Crippen LogP contribution in [-0.4, -0.2) is 26.1 Å². The second-order valence-corrected chi connectivity index (χ2v) is 5.80. The molecule has 0 aromatic heterocycles. The smallest absolute Gasteiger partial charge is 0.207 e. The first-order valence-electron chi connectivity index (χ1n) is 7.43. The Morgan fingerprint density at radius 2 is 1.81 bits per heavy atom. The molecule has 0 atom stereocenters. The van der Waals surface area contributed by atoms with Gasteiger partial charge in [0.25, 0.3) is 0 Å². The second-order valence-electron chi connectivity index (χ2n) is 5.80. The highest BCUT2D eigenvalue weighted by atomic mass is 16.7. The molecule has 0 aliphatic carbocycles. The van der Waals surface area contributed by atoms with Gasteiger partial charge in [-0.1, -0.05) is 6.92 Å². The monoisotopic (exact) mass is 292 g/mol. The van der Waals surface area contributed by atoms with Crippen LogP contribution in [0.2, 0.25) is 0 Å². The lowest BCUT2D eigenvalue weighted by Gasteiger charge is -2.47. The number of methoxy groups -OCH3 is 1. The lowest BCUT2D eigenvalue weighted by atomic mass is 9.74. The Balaban J connectivity index is 2.47. The van der Waals surface area contributed by atoms with Gasteiger partial charge in [-0.3, -0.25) is 4.79 Å². The molecule has 0 unspecified atom stereocenters. The molecule has 1 aromatic rings. The molecule has 1 aromatic carbocycles. The first kappa shape index (κ1) is 16.0. The summed E-state index contributed by atoms with van der Waals surface area (Å²) in [6, 6.07) is 7.56. The quantitative estimate of drug-likeness (QED) is 0.835. The van der Waals surface area contributed by atoms with Crippen molar-refractivity contribution < 1.29 is 19.0 Å². The number of carbonyl (C=O) groups excluding carboxylic acids is 1. The fourth-order valence-corrected chi connectivity index (χ4v) is 2.86. The van der Waals surface area contributed by atoms with Gasteiger partial charge in [-0.15, -0.1) is 0 Å². The number of hydrogen-bond donors (Lipinski definition) is 0. The van der Waals surface area contributed by atoms with Gasteiger partial charge < -0.3 is 14.2 Å². The van der Waals surface area contributed by atoms with Crippen LogP contribution in [0.15, 0.2) is 24.3 Å². The van der Waals surface area contributed by atoms with E-state index in [1.165, 1.54) is 0 Å². The molecular weight excluding hydrogens is 268 g/mol. The van der Waals surface area contributed by atoms with Crippen molar-refractivity contribution in [1.82, 2.24) is 0 Å². The van der Waals surface area contributed by atoms with Crippen molar-refractivity contribution in [3.63, 3.8) is 0 Å². The van der Waals surface area contributed by atoms with E-state index in [2.05, 4.69) is 0 Å². The van der Waals surface area contributed by atoms with Crippen LogP contribution < -0.4 is 4.74 Å². The summed E-state index contributed by atoms with van der Waals surface area (Å²) in [5.74, 6) is -0.130. The Hall–Kier alpha value is -1.39. The van der Waals surface area contributed by atoms with Gasteiger partial charge in [0.05, 0.1) is 25.7 Å². The number of Topliss-reactive ketones (excluding diaryl/α,β-unsaturated/α-hetero) is 1. The third-order valence-electron chi connectivity index (χ3n) is 4.21. The molecule has 1 heterocycles. The van der Waals surface area contributed by atoms with E-state index in [4.69, 9.17) is 14.2 Å². The van der Waals surface area contributed by atoms with Crippen LogP contribution in [0.5, 0.6) is 5.75 Å². The third-order valence-corrected chi connectivity index (χ3v) is 4.21. The molecule has 2 rings (SSSR count). The standard InChI is InChI=1S/C17H24O4/c1-5-15(18)16(2,3)17(20-11-6-12-21-17)13-7-9-14(19-4)10-8-13/h7-10H,5-6,11-12H2,1-4H3. The molecule has 1 fully saturated rings. The molecule has 21 heavy (non-hydrogen) atoms. The van der Waals surface area contributed by atoms with Gasteiger partial charge in [0, 0.05) is 12.0 Å². The van der Waals surface area contributed by atoms with E-state index < -0.39 is 11.2 Å². The highest BCUT2D eigenvalue weighted by Gasteiger charge is 2.53. The number of rotatable bonds is 5. The summed E-state index contributed by atoms with van der Waals surface area (Å²) in [6.45, 7) is 6.84. The first-order chi connectivity index (χ1) is 9.98. The molecule has 0 amide bonds. The fraction of sp³-hybridized carbons (Fsp3) is 0.588. The van der Waals surface area contributed by atoms with Crippen LogP contribution in [0, 0.1) is 5.41 Å². The molecule has 0 N–H and O–H groups in total. The third kappa shape index (κ3) is 2.70. The van der Waals surface area contributed by atoms with E-state index >= 15 is 0 Å². The molecule has 4 heteroatoms. The molecule has 4 nitrogen and oxygen atoms in total. The predicted molar refractivity (Wildman–Crippen MR) is 80.3 cm³/mol. The lowest BCUT2D eigenvalue weighted by molar-refractivity contribution is -0.319. The Labute approximate surface area is 126 Å². The van der Waals surface area contributed by atoms with Gasteiger partial charge in [0.15, 0.2) is 0 Å². The average Bonchev–Trinajstić information content (AvgIpc) is 2.54. The van der Waals surface area contributed by atoms with Gasteiger partial charge >= 0.3 is 0 Å². The Morgan fingerprint density at radius 1 is 1.24 bits per heavy atom. The Morgan fingerprint density at radius 3 is 2.29 bits per heavy atom. The number of hydrogen-bond acceptors (Lipinski definition) is 4. The Bertz CT molecular complexity index is 484. The average molecular weight is 292 g/mol. The van der Waals surface area contributed by atoms with Crippen molar-refractivity contribution in [2.45, 2.75) is 39.4 Å². The maximum Gasteiger partial charge on any atom is 0.207 e. The van der Waals surface area contributed by atoms with Crippen molar-refractivity contribution in [2.75, 3.05) is 20.3 Å². The maximum atomic E-state index is 12.4. The zero-order chi connectivity index (χ0) is 15.5. The van der Waals surface area contributed by atoms with Gasteiger partial charge in [-0.05, 0) is 44.5 Å². The van der Waals surface area contributed by atoms with Crippen molar-refractivity contribution >= 4 is 5.78 Å². The Kier molecular flexibility index (Phi) is 4.69. The van der Waals surface area contributed by atoms with E-state index in [0.29, 0.717) is 19.6 Å². The zero-order valence-corrected chi connectivity index (χ0v) is 13.3. The number of carbonyl (C=O) groups is 1. The van der Waals surface area contributed by atoms with Crippen molar-refractivity contribution in [3.05, 3.63) is 29.8 Å². The molecule has 0 bridgehead atoms. The molecular formula is C17H24O4. The summed E-state index contributed by atoms with van der Waals surface area (Å²) in [5, 5.41) is 0. The summed E-state index contributed by atoms with van der Waals surface area (Å²) in [5.41, 5.74) is 0.103. The minimum Gasteiger partial charge on any atom is -0.497 e. The maximum absolute atomic E-state index is 12.4. The molecule has 1 saturated heterocycles. The summed E-state index contributed by atoms with van der Waals surface area (Å²) < 4.78 is 17.3. The van der Waals surface area contributed by atoms with E-state index in [-0.39, 0.29) is 5.78 Å². The van der Waals surface area contributed by atoms with Crippen molar-refractivity contribution in [2.24, 2.45) is 5.41 Å². The summed E-state index contributed by atoms with van der Waals surface area (Å²) in [4.78, 5) is 12.4. The van der Waals surface area contributed by atoms with E-state index in [0.717, 1.165) is 17.7 Å². The van der Waals surface area contributed by atoms with E-state index in [1.54, 1.807) is 7.11 Å². The van der Waals surface area contributed by atoms with Crippen LogP contribution in [0.4, 0.5) is 0 Å². The van der Waals surface area contributed by atoms with Gasteiger partial charge in [-0.2, -0.15) is 0 Å². The molecule has 0 radical (unpaired) electrons. The first-order valence-corrected chi connectivity index (χ1v) is 7.43. The van der Waals surface area contributed by atoms with Crippen molar-refractivity contribution in [3.8, 4) is 5.75 Å². The van der Waals surface area contributed by atoms with Gasteiger partial charge in [0.1, 0.15) is 11.5 Å². The number of benzene rings is 1. The normalized spacial score (nSPS) is 18.3. The number of ketones is 1. The molecule has 1 aliphatic rings. The molecule has 0 saturated carbocycles. The highest BCUT2D eigenvalue weighted by molar-refractivity contribution is 5.85. The summed E-state index contributed by atoms with van der Waals surface area (Å²) in [7, 11) is 1.63. The molecule has 0 spiro atoms. The SMILES string of the molecule is CCC(=O)C(C)(C)C1(c2ccc(OC)cc2)OCCCO1. The molecule has 1 aliphatic heterocycles. The predicted octanol–water partition coefficient (Wildman–Crippen LogP) is 3.29. The summed E-state index contributed by atoms with van der Waals surface area (Å²) >= 11 is 0. The van der Waals surface area contributed by atoms with Crippen LogP contribution >= 0.6 is 0 Å². The topological polar surface area (TPSA) is 44.8 Å². The fourth-order valence-electron chi connectivity index (χ4n) is 2.86. The minimum absolute atomic E-state index is 0.125. The minimum atomic E-state index is -1.02. The number of ether oxygens (including phenoxy) is 3. The van der Waals surface area contributed by atoms with E-state index in [1.807, 2.05) is 45.0 Å². The van der Waals surface area contributed by atoms with Gasteiger partial charge in [-0.25, -0.2) is 0 Å². The summed E-state index contributed by atoms with van der Waals surface area (Å²) in [6.07, 6.45) is 1.30.